The van der Waals surface area contributed by atoms with Gasteiger partial charge in [0.15, 0.2) is 11.1 Å². The van der Waals surface area contributed by atoms with E-state index < -0.39 is 0 Å². The normalized spacial score (nSPS) is 14.8. The smallest absolute Gasteiger partial charge is 0.191 e. The van der Waals surface area contributed by atoms with Gasteiger partial charge in [-0.15, -0.1) is 22.7 Å². The van der Waals surface area contributed by atoms with E-state index in [0.717, 1.165) is 55.7 Å². The topological polar surface area (TPSA) is 65.4 Å². The van der Waals surface area contributed by atoms with Gasteiger partial charge in [0.25, 0.3) is 0 Å². The zero-order chi connectivity index (χ0) is 18.2. The maximum absolute atomic E-state index is 4.78. The summed E-state index contributed by atoms with van der Waals surface area (Å²) in [5.74, 6) is 0.843. The Bertz CT molecular complexity index is 702. The number of nitrogens with one attached hydrogen (secondary N) is 2. The number of hydrogen-bond acceptors (Lipinski definition) is 6. The van der Waals surface area contributed by atoms with Crippen molar-refractivity contribution in [3.05, 3.63) is 27.2 Å². The van der Waals surface area contributed by atoms with E-state index in [1.165, 1.54) is 22.9 Å². The van der Waals surface area contributed by atoms with E-state index in [1.807, 2.05) is 6.20 Å². The van der Waals surface area contributed by atoms with Crippen LogP contribution in [-0.4, -0.2) is 42.1 Å². The Morgan fingerprint density at radius 1 is 1.27 bits per heavy atom. The minimum absolute atomic E-state index is 0.621. The minimum Gasteiger partial charge on any atom is -0.357 e. The average molecular weight is 393 g/mol. The third-order valence-corrected chi connectivity index (χ3v) is 6.33. The highest BCUT2D eigenvalue weighted by Gasteiger charge is 2.15. The molecule has 0 atom stereocenters. The fourth-order valence-electron chi connectivity index (χ4n) is 2.85. The molecule has 3 rings (SSSR count). The molecule has 3 heterocycles. The standard InChI is InChI=1S/C18H28N6S2/c1-3-15-11-21-16(26-15)12-22-17(19-4-2)20-8-7-14-13-25-18(23-14)24-9-5-6-10-24/h11,13H,3-10,12H2,1-2H3,(H2,19,20,22). The first-order valence-electron chi connectivity index (χ1n) is 9.43. The molecule has 0 bridgehead atoms. The molecule has 8 heteroatoms. The van der Waals surface area contributed by atoms with E-state index in [1.54, 1.807) is 22.7 Å². The van der Waals surface area contributed by atoms with Crippen molar-refractivity contribution in [3.8, 4) is 0 Å². The van der Waals surface area contributed by atoms with Crippen LogP contribution >= 0.6 is 22.7 Å². The molecule has 2 N–H and O–H groups in total. The predicted octanol–water partition coefficient (Wildman–Crippen LogP) is 3.06. The molecule has 2 aromatic rings. The van der Waals surface area contributed by atoms with Crippen LogP contribution in [0.4, 0.5) is 5.13 Å². The lowest BCUT2D eigenvalue weighted by Gasteiger charge is -2.12. The van der Waals surface area contributed by atoms with Crippen molar-refractivity contribution < 1.29 is 0 Å². The molecule has 6 nitrogen and oxygen atoms in total. The number of rotatable bonds is 8. The average Bonchev–Trinajstić information content (AvgIpc) is 3.40. The summed E-state index contributed by atoms with van der Waals surface area (Å²) in [6, 6.07) is 0. The highest BCUT2D eigenvalue weighted by molar-refractivity contribution is 7.13. The van der Waals surface area contributed by atoms with Gasteiger partial charge in [-0.25, -0.2) is 15.0 Å². The van der Waals surface area contributed by atoms with Crippen LogP contribution in [0, 0.1) is 0 Å². The highest BCUT2D eigenvalue weighted by atomic mass is 32.1. The molecular formula is C18H28N6S2. The van der Waals surface area contributed by atoms with Crippen molar-refractivity contribution >= 4 is 33.8 Å². The summed E-state index contributed by atoms with van der Waals surface area (Å²) in [7, 11) is 0. The summed E-state index contributed by atoms with van der Waals surface area (Å²) in [6.07, 6.45) is 6.48. The van der Waals surface area contributed by atoms with Crippen LogP contribution in [0.5, 0.6) is 0 Å². The molecule has 142 valence electrons. The van der Waals surface area contributed by atoms with Crippen molar-refractivity contribution in [2.45, 2.75) is 46.1 Å². The molecule has 0 aromatic carbocycles. The maximum atomic E-state index is 4.78. The monoisotopic (exact) mass is 392 g/mol. The lowest BCUT2D eigenvalue weighted by atomic mass is 10.3. The molecule has 1 saturated heterocycles. The first-order valence-corrected chi connectivity index (χ1v) is 11.1. The number of hydrogen-bond donors (Lipinski definition) is 2. The summed E-state index contributed by atoms with van der Waals surface area (Å²) in [5.41, 5.74) is 1.16. The molecule has 0 radical (unpaired) electrons. The van der Waals surface area contributed by atoms with Crippen molar-refractivity contribution in [3.63, 3.8) is 0 Å². The van der Waals surface area contributed by atoms with Crippen LogP contribution in [0.25, 0.3) is 0 Å². The molecule has 1 aliphatic heterocycles. The maximum Gasteiger partial charge on any atom is 0.191 e. The molecule has 1 aliphatic rings. The lowest BCUT2D eigenvalue weighted by Crippen LogP contribution is -2.38. The zero-order valence-electron chi connectivity index (χ0n) is 15.6. The molecular weight excluding hydrogens is 364 g/mol. The van der Waals surface area contributed by atoms with Gasteiger partial charge in [0.05, 0.1) is 12.2 Å². The Labute approximate surface area is 163 Å². The number of guanidine groups is 1. The van der Waals surface area contributed by atoms with Crippen LogP contribution in [0.1, 0.15) is 42.3 Å². The summed E-state index contributed by atoms with van der Waals surface area (Å²) >= 11 is 3.50. The first kappa shape index (κ1) is 19.1. The van der Waals surface area contributed by atoms with Crippen LogP contribution in [0.2, 0.25) is 0 Å². The SMILES string of the molecule is CCNC(=NCc1ncc(CC)s1)NCCc1csc(N2CCCC2)n1. The minimum atomic E-state index is 0.621. The second-order valence-electron chi connectivity index (χ2n) is 6.26. The van der Waals surface area contributed by atoms with Crippen LogP contribution in [0.15, 0.2) is 16.6 Å². The van der Waals surface area contributed by atoms with Crippen LogP contribution in [0.3, 0.4) is 0 Å². The molecule has 0 unspecified atom stereocenters. The number of aliphatic imine (C=N–C) groups is 1. The van der Waals surface area contributed by atoms with Crippen molar-refractivity contribution in [2.75, 3.05) is 31.1 Å². The van der Waals surface area contributed by atoms with Crippen molar-refractivity contribution in [1.29, 1.82) is 0 Å². The molecule has 2 aromatic heterocycles. The zero-order valence-corrected chi connectivity index (χ0v) is 17.3. The Morgan fingerprint density at radius 2 is 2.12 bits per heavy atom. The number of aryl methyl sites for hydroxylation is 1. The summed E-state index contributed by atoms with van der Waals surface area (Å²) in [4.78, 5) is 17.6. The second-order valence-corrected chi connectivity index (χ2v) is 8.30. The van der Waals surface area contributed by atoms with Gasteiger partial charge < -0.3 is 15.5 Å². The van der Waals surface area contributed by atoms with Gasteiger partial charge >= 0.3 is 0 Å². The van der Waals surface area contributed by atoms with Crippen molar-refractivity contribution in [2.24, 2.45) is 4.99 Å². The predicted molar refractivity (Wildman–Crippen MR) is 112 cm³/mol. The van der Waals surface area contributed by atoms with Gasteiger partial charge in [-0.2, -0.15) is 0 Å². The molecule has 1 fully saturated rings. The van der Waals surface area contributed by atoms with Crippen LogP contribution in [-0.2, 0) is 19.4 Å². The Hall–Kier alpha value is -1.67. The lowest BCUT2D eigenvalue weighted by molar-refractivity contribution is 0.789. The molecule has 0 saturated carbocycles. The first-order chi connectivity index (χ1) is 12.8. The van der Waals surface area contributed by atoms with E-state index in [2.05, 4.69) is 44.7 Å². The number of nitrogens with zero attached hydrogens (tertiary/aromatic N) is 4. The summed E-state index contributed by atoms with van der Waals surface area (Å²) in [5, 5.41) is 11.1. The van der Waals surface area contributed by atoms with Gasteiger partial charge in [-0.1, -0.05) is 6.92 Å². The molecule has 0 spiro atoms. The second kappa shape index (κ2) is 9.87. The fourth-order valence-corrected chi connectivity index (χ4v) is 4.55. The summed E-state index contributed by atoms with van der Waals surface area (Å²) < 4.78 is 0. The Kier molecular flexibility index (Phi) is 7.25. The van der Waals surface area contributed by atoms with E-state index in [-0.39, 0.29) is 0 Å². The van der Waals surface area contributed by atoms with E-state index >= 15 is 0 Å². The molecule has 26 heavy (non-hydrogen) atoms. The van der Waals surface area contributed by atoms with Gasteiger partial charge in [-0.05, 0) is 26.2 Å². The summed E-state index contributed by atoms with van der Waals surface area (Å²) in [6.45, 7) is 8.83. The number of thiazole rings is 2. The van der Waals surface area contributed by atoms with Gasteiger partial charge in [-0.3, -0.25) is 0 Å². The third kappa shape index (κ3) is 5.41. The fraction of sp³-hybridized carbons (Fsp3) is 0.611. The van der Waals surface area contributed by atoms with Gasteiger partial charge in [0, 0.05) is 49.1 Å². The van der Waals surface area contributed by atoms with Crippen molar-refractivity contribution in [1.82, 2.24) is 20.6 Å². The van der Waals surface area contributed by atoms with E-state index in [0.29, 0.717) is 6.54 Å². The largest absolute Gasteiger partial charge is 0.357 e. The van der Waals surface area contributed by atoms with Gasteiger partial charge in [0.2, 0.25) is 0 Å². The van der Waals surface area contributed by atoms with Crippen LogP contribution < -0.4 is 15.5 Å². The number of aromatic nitrogens is 2. The third-order valence-electron chi connectivity index (χ3n) is 4.26. The number of anilines is 1. The quantitative estimate of drug-likeness (QED) is 0.534. The molecule has 0 amide bonds. The van der Waals surface area contributed by atoms with E-state index in [9.17, 15) is 0 Å². The Morgan fingerprint density at radius 3 is 2.85 bits per heavy atom. The van der Waals surface area contributed by atoms with Gasteiger partial charge in [0.1, 0.15) is 5.01 Å². The Balaban J connectivity index is 1.47. The highest BCUT2D eigenvalue weighted by Crippen LogP contribution is 2.24. The van der Waals surface area contributed by atoms with E-state index in [4.69, 9.17) is 4.98 Å². The molecule has 0 aliphatic carbocycles.